The van der Waals surface area contributed by atoms with E-state index >= 15 is 0 Å². The van der Waals surface area contributed by atoms with Crippen molar-refractivity contribution in [1.82, 2.24) is 0 Å². The van der Waals surface area contributed by atoms with Crippen LogP contribution >= 0.6 is 0 Å². The number of hydrogen-bond donors (Lipinski definition) is 1. The Kier molecular flexibility index (Phi) is 3.27. The number of phenolic OH excluding ortho intramolecular Hbond substituents is 1. The van der Waals surface area contributed by atoms with Crippen molar-refractivity contribution in [2.24, 2.45) is 0 Å². The molecule has 19 heavy (non-hydrogen) atoms. The van der Waals surface area contributed by atoms with Crippen LogP contribution in [0.3, 0.4) is 0 Å². The highest BCUT2D eigenvalue weighted by atomic mass is 19.4. The second-order valence-electron chi connectivity index (χ2n) is 4.43. The lowest BCUT2D eigenvalue weighted by Gasteiger charge is -2.18. The largest absolute Gasteiger partial charge is 0.508 e. The van der Waals surface area contributed by atoms with Crippen LogP contribution in [0.5, 0.6) is 5.75 Å². The Morgan fingerprint density at radius 1 is 0.947 bits per heavy atom. The lowest BCUT2D eigenvalue weighted by Crippen LogP contribution is -2.11. The van der Waals surface area contributed by atoms with E-state index in [2.05, 4.69) is 0 Å². The highest BCUT2D eigenvalue weighted by molar-refractivity contribution is 5.72. The van der Waals surface area contributed by atoms with Crippen LogP contribution in [0.1, 0.15) is 16.7 Å². The summed E-state index contributed by atoms with van der Waals surface area (Å²) in [7, 11) is 0. The highest BCUT2D eigenvalue weighted by Gasteiger charge is 2.36. The minimum Gasteiger partial charge on any atom is -0.508 e. The van der Waals surface area contributed by atoms with Crippen LogP contribution in [0.4, 0.5) is 13.2 Å². The van der Waals surface area contributed by atoms with E-state index in [-0.39, 0.29) is 22.4 Å². The van der Waals surface area contributed by atoms with Crippen molar-refractivity contribution in [3.05, 3.63) is 53.1 Å². The third-order valence-corrected chi connectivity index (χ3v) is 3.24. The zero-order valence-electron chi connectivity index (χ0n) is 10.5. The minimum absolute atomic E-state index is 0.00806. The molecular weight excluding hydrogens is 253 g/mol. The predicted molar refractivity (Wildman–Crippen MR) is 68.0 cm³/mol. The summed E-state index contributed by atoms with van der Waals surface area (Å²) >= 11 is 0. The fourth-order valence-corrected chi connectivity index (χ4v) is 2.11. The molecule has 1 N–H and O–H groups in total. The van der Waals surface area contributed by atoms with E-state index in [9.17, 15) is 18.3 Å². The fourth-order valence-electron chi connectivity index (χ4n) is 2.11. The van der Waals surface area contributed by atoms with Crippen LogP contribution in [0.2, 0.25) is 0 Å². The molecular formula is C15H13F3O. The van der Waals surface area contributed by atoms with E-state index in [0.717, 1.165) is 0 Å². The van der Waals surface area contributed by atoms with Gasteiger partial charge in [-0.05, 0) is 42.2 Å². The number of aromatic hydroxyl groups is 1. The summed E-state index contributed by atoms with van der Waals surface area (Å²) in [6.07, 6.45) is -4.45. The van der Waals surface area contributed by atoms with E-state index in [1.54, 1.807) is 30.3 Å². The molecule has 2 aromatic rings. The van der Waals surface area contributed by atoms with E-state index < -0.39 is 11.7 Å². The van der Waals surface area contributed by atoms with Crippen LogP contribution in [-0.4, -0.2) is 5.11 Å². The number of benzene rings is 2. The number of hydrogen-bond acceptors (Lipinski definition) is 1. The quantitative estimate of drug-likeness (QED) is 0.793. The monoisotopic (exact) mass is 266 g/mol. The summed E-state index contributed by atoms with van der Waals surface area (Å²) in [5.41, 5.74) is 0.0780. The molecule has 1 nitrogen and oxygen atoms in total. The SMILES string of the molecule is Cc1c(O)cc(-c2ccccc2)c(C(F)(F)F)c1C. The maximum Gasteiger partial charge on any atom is 0.417 e. The normalized spacial score (nSPS) is 11.6. The van der Waals surface area contributed by atoms with Gasteiger partial charge in [-0.25, -0.2) is 0 Å². The van der Waals surface area contributed by atoms with Crippen molar-refractivity contribution in [2.45, 2.75) is 20.0 Å². The summed E-state index contributed by atoms with van der Waals surface area (Å²) in [6.45, 7) is 2.86. The lowest BCUT2D eigenvalue weighted by molar-refractivity contribution is -0.137. The third kappa shape index (κ3) is 2.43. The number of halogens is 3. The van der Waals surface area contributed by atoms with Crippen LogP contribution < -0.4 is 0 Å². The summed E-state index contributed by atoms with van der Waals surface area (Å²) in [4.78, 5) is 0. The molecule has 4 heteroatoms. The van der Waals surface area contributed by atoms with Gasteiger partial charge in [-0.2, -0.15) is 13.2 Å². The van der Waals surface area contributed by atoms with Crippen molar-refractivity contribution >= 4 is 0 Å². The van der Waals surface area contributed by atoms with E-state index in [1.807, 2.05) is 0 Å². The molecule has 0 fully saturated rings. The van der Waals surface area contributed by atoms with Gasteiger partial charge >= 0.3 is 6.18 Å². The van der Waals surface area contributed by atoms with E-state index in [4.69, 9.17) is 0 Å². The lowest BCUT2D eigenvalue weighted by atomic mass is 9.92. The standard InChI is InChI=1S/C15H13F3O/c1-9-10(2)14(15(16,17)18)12(8-13(9)19)11-6-4-3-5-7-11/h3-8,19H,1-2H3. The first-order valence-electron chi connectivity index (χ1n) is 5.78. The fraction of sp³-hybridized carbons (Fsp3) is 0.200. The van der Waals surface area contributed by atoms with Gasteiger partial charge in [0.05, 0.1) is 5.56 Å². The van der Waals surface area contributed by atoms with Gasteiger partial charge in [0.25, 0.3) is 0 Å². The average Bonchev–Trinajstić information content (AvgIpc) is 2.35. The summed E-state index contributed by atoms with van der Waals surface area (Å²) in [6, 6.07) is 9.44. The molecule has 0 aliphatic heterocycles. The van der Waals surface area contributed by atoms with Crippen LogP contribution in [0, 0.1) is 13.8 Å². The molecule has 100 valence electrons. The molecule has 0 bridgehead atoms. The molecule has 0 saturated heterocycles. The van der Waals surface area contributed by atoms with Gasteiger partial charge in [0.1, 0.15) is 5.75 Å². The predicted octanol–water partition coefficient (Wildman–Crippen LogP) is 4.69. The maximum atomic E-state index is 13.2. The topological polar surface area (TPSA) is 20.2 Å². The van der Waals surface area contributed by atoms with Gasteiger partial charge in [-0.15, -0.1) is 0 Å². The Morgan fingerprint density at radius 2 is 1.53 bits per heavy atom. The Bertz CT molecular complexity index is 601. The van der Waals surface area contributed by atoms with Gasteiger partial charge in [-0.1, -0.05) is 30.3 Å². The highest BCUT2D eigenvalue weighted by Crippen LogP contribution is 2.42. The van der Waals surface area contributed by atoms with Crippen LogP contribution in [-0.2, 0) is 6.18 Å². The summed E-state index contributed by atoms with van der Waals surface area (Å²) in [5.74, 6) is -0.121. The Balaban J connectivity index is 2.81. The molecule has 2 rings (SSSR count). The molecule has 0 heterocycles. The van der Waals surface area contributed by atoms with Crippen LogP contribution in [0.25, 0.3) is 11.1 Å². The second-order valence-corrected chi connectivity index (χ2v) is 4.43. The molecule has 0 spiro atoms. The zero-order chi connectivity index (χ0) is 14.2. The summed E-state index contributed by atoms with van der Waals surface area (Å²) in [5, 5.41) is 9.77. The van der Waals surface area contributed by atoms with E-state index in [0.29, 0.717) is 5.56 Å². The molecule has 2 aromatic carbocycles. The molecule has 0 aliphatic rings. The summed E-state index contributed by atoms with van der Waals surface area (Å²) < 4.78 is 39.7. The molecule has 0 unspecified atom stereocenters. The van der Waals surface area contributed by atoms with E-state index in [1.165, 1.54) is 19.9 Å². The van der Waals surface area contributed by atoms with Gasteiger partial charge in [-0.3, -0.25) is 0 Å². The van der Waals surface area contributed by atoms with Crippen molar-refractivity contribution in [3.63, 3.8) is 0 Å². The maximum absolute atomic E-state index is 13.2. The molecule has 0 aliphatic carbocycles. The number of rotatable bonds is 1. The molecule has 0 aromatic heterocycles. The zero-order valence-corrected chi connectivity index (χ0v) is 10.5. The van der Waals surface area contributed by atoms with Crippen LogP contribution in [0.15, 0.2) is 36.4 Å². The Morgan fingerprint density at radius 3 is 2.05 bits per heavy atom. The first-order valence-corrected chi connectivity index (χ1v) is 5.78. The average molecular weight is 266 g/mol. The van der Waals surface area contributed by atoms with Crippen molar-refractivity contribution in [2.75, 3.05) is 0 Å². The Labute approximate surface area is 109 Å². The first-order chi connectivity index (χ1) is 8.82. The third-order valence-electron chi connectivity index (χ3n) is 3.24. The number of phenols is 1. The molecule has 0 amide bonds. The molecule has 0 atom stereocenters. The second kappa shape index (κ2) is 4.61. The smallest absolute Gasteiger partial charge is 0.417 e. The first kappa shape index (κ1) is 13.5. The van der Waals surface area contributed by atoms with Gasteiger partial charge in [0.15, 0.2) is 0 Å². The Hall–Kier alpha value is -1.97. The minimum atomic E-state index is -4.45. The van der Waals surface area contributed by atoms with Crippen molar-refractivity contribution in [3.8, 4) is 16.9 Å². The van der Waals surface area contributed by atoms with Gasteiger partial charge in [0, 0.05) is 0 Å². The van der Waals surface area contributed by atoms with Gasteiger partial charge < -0.3 is 5.11 Å². The van der Waals surface area contributed by atoms with Gasteiger partial charge in [0.2, 0.25) is 0 Å². The van der Waals surface area contributed by atoms with Crippen molar-refractivity contribution < 1.29 is 18.3 Å². The molecule has 0 radical (unpaired) electrons. The van der Waals surface area contributed by atoms with Crippen molar-refractivity contribution in [1.29, 1.82) is 0 Å². The number of alkyl halides is 3. The molecule has 0 saturated carbocycles.